The molecule has 39 heavy (non-hydrogen) atoms. The standard InChI is InChI=1S/C28H41ClFN7O2/c1-6-37(19(4)5)26(38)21-14-20(30)9-10-23(21)39-25-24(32-27(29)34-33-25)35-13-11-28(15-35)16-36(17-28)22(18(2)3)8-7-12-31/h9-10,14,18-19,22H,6-8,11-13,15-17,31H2,1-5H3. The molecule has 2 N–H and O–H groups in total. The van der Waals surface area contributed by atoms with Crippen LogP contribution in [-0.2, 0) is 0 Å². The van der Waals surface area contributed by atoms with Crippen LogP contribution in [0.25, 0.3) is 0 Å². The molecule has 1 amide bonds. The third-order valence-electron chi connectivity index (χ3n) is 7.97. The molecule has 2 aliphatic rings. The molecule has 0 radical (unpaired) electrons. The van der Waals surface area contributed by atoms with Gasteiger partial charge in [-0.1, -0.05) is 13.8 Å². The normalized spacial score (nSPS) is 17.6. The summed E-state index contributed by atoms with van der Waals surface area (Å²) in [6.07, 6.45) is 3.17. The summed E-state index contributed by atoms with van der Waals surface area (Å²) in [5, 5.41) is 8.10. The highest BCUT2D eigenvalue weighted by molar-refractivity contribution is 6.28. The van der Waals surface area contributed by atoms with Crippen molar-refractivity contribution in [2.45, 2.75) is 66.0 Å². The monoisotopic (exact) mass is 561 g/mol. The van der Waals surface area contributed by atoms with Gasteiger partial charge in [-0.05, 0) is 82.3 Å². The number of aromatic nitrogens is 3. The van der Waals surface area contributed by atoms with Crippen LogP contribution in [-0.4, -0.2) is 82.2 Å². The highest BCUT2D eigenvalue weighted by atomic mass is 35.5. The van der Waals surface area contributed by atoms with Crippen LogP contribution in [0.15, 0.2) is 18.2 Å². The number of hydrogen-bond acceptors (Lipinski definition) is 8. The van der Waals surface area contributed by atoms with E-state index in [-0.39, 0.29) is 39.8 Å². The Kier molecular flexibility index (Phi) is 9.29. The lowest BCUT2D eigenvalue weighted by atomic mass is 9.76. The Balaban J connectivity index is 1.54. The zero-order valence-corrected chi connectivity index (χ0v) is 24.4. The molecule has 9 nitrogen and oxygen atoms in total. The molecule has 1 aromatic carbocycles. The van der Waals surface area contributed by atoms with Gasteiger partial charge in [-0.15, -0.1) is 10.2 Å². The van der Waals surface area contributed by atoms with Crippen LogP contribution in [0.4, 0.5) is 10.2 Å². The van der Waals surface area contributed by atoms with Crippen molar-refractivity contribution in [3.05, 3.63) is 34.9 Å². The Morgan fingerprint density at radius 2 is 1.97 bits per heavy atom. The Morgan fingerprint density at radius 1 is 1.23 bits per heavy atom. The van der Waals surface area contributed by atoms with Crippen molar-refractivity contribution in [3.8, 4) is 11.6 Å². The first-order valence-corrected chi connectivity index (χ1v) is 14.3. The van der Waals surface area contributed by atoms with E-state index < -0.39 is 5.82 Å². The Labute approximate surface area is 235 Å². The van der Waals surface area contributed by atoms with Gasteiger partial charge in [0.05, 0.1) is 5.56 Å². The largest absolute Gasteiger partial charge is 0.434 e. The zero-order chi connectivity index (χ0) is 28.3. The van der Waals surface area contributed by atoms with Crippen LogP contribution in [0.3, 0.4) is 0 Å². The number of hydrogen-bond donors (Lipinski definition) is 1. The number of carbonyl (C=O) groups excluding carboxylic acids is 1. The molecular weight excluding hydrogens is 521 g/mol. The average molecular weight is 562 g/mol. The SMILES string of the molecule is CCN(C(=O)c1cc(F)ccc1Oc1nnc(Cl)nc1N1CCC2(C1)CN(C(CCCN)C(C)C)C2)C(C)C. The van der Waals surface area contributed by atoms with Crippen molar-refractivity contribution in [3.63, 3.8) is 0 Å². The first kappa shape index (κ1) is 29.4. The van der Waals surface area contributed by atoms with Crippen LogP contribution in [0.2, 0.25) is 5.28 Å². The minimum absolute atomic E-state index is 0.0163. The van der Waals surface area contributed by atoms with Crippen molar-refractivity contribution in [2.75, 3.05) is 44.2 Å². The van der Waals surface area contributed by atoms with Crippen molar-refractivity contribution in [2.24, 2.45) is 17.1 Å². The van der Waals surface area contributed by atoms with E-state index in [4.69, 9.17) is 22.1 Å². The second-order valence-electron chi connectivity index (χ2n) is 11.5. The van der Waals surface area contributed by atoms with Gasteiger partial charge in [-0.25, -0.2) is 4.39 Å². The lowest BCUT2D eigenvalue weighted by Crippen LogP contribution is -2.62. The third-order valence-corrected chi connectivity index (χ3v) is 8.13. The maximum Gasteiger partial charge on any atom is 0.282 e. The van der Waals surface area contributed by atoms with Crippen LogP contribution >= 0.6 is 11.6 Å². The number of amides is 1. The lowest BCUT2D eigenvalue weighted by molar-refractivity contribution is -0.0337. The molecule has 1 atom stereocenters. The van der Waals surface area contributed by atoms with Crippen molar-refractivity contribution in [1.29, 1.82) is 0 Å². The van der Waals surface area contributed by atoms with Gasteiger partial charge in [-0.3, -0.25) is 9.69 Å². The number of nitrogens with zero attached hydrogens (tertiary/aromatic N) is 6. The number of carbonyl (C=O) groups is 1. The first-order chi connectivity index (χ1) is 18.6. The molecule has 4 rings (SSSR count). The Hall–Kier alpha value is -2.56. The molecule has 11 heteroatoms. The molecule has 0 saturated carbocycles. The van der Waals surface area contributed by atoms with Gasteiger partial charge >= 0.3 is 0 Å². The molecule has 1 spiro atoms. The van der Waals surface area contributed by atoms with Gasteiger partial charge in [0.15, 0.2) is 5.82 Å². The third kappa shape index (κ3) is 6.44. The van der Waals surface area contributed by atoms with E-state index >= 15 is 0 Å². The van der Waals surface area contributed by atoms with Gasteiger partial charge in [-0.2, -0.15) is 4.98 Å². The fourth-order valence-corrected chi connectivity index (χ4v) is 6.13. The average Bonchev–Trinajstić information content (AvgIpc) is 3.31. The van der Waals surface area contributed by atoms with Crippen LogP contribution in [0.1, 0.15) is 64.2 Å². The molecule has 0 aliphatic carbocycles. The highest BCUT2D eigenvalue weighted by Crippen LogP contribution is 2.45. The van der Waals surface area contributed by atoms with E-state index in [0.717, 1.165) is 52.0 Å². The molecule has 2 aromatic rings. The van der Waals surface area contributed by atoms with Gasteiger partial charge < -0.3 is 20.3 Å². The van der Waals surface area contributed by atoms with E-state index in [0.29, 0.717) is 24.3 Å². The topological polar surface area (TPSA) is 101 Å². The molecule has 2 fully saturated rings. The lowest BCUT2D eigenvalue weighted by Gasteiger charge is -2.53. The summed E-state index contributed by atoms with van der Waals surface area (Å²) in [6.45, 7) is 15.1. The maximum absolute atomic E-state index is 14.2. The number of nitrogens with two attached hydrogens (primary N) is 1. The quantitative estimate of drug-likeness (QED) is 0.425. The molecule has 3 heterocycles. The van der Waals surface area contributed by atoms with Gasteiger partial charge in [0.1, 0.15) is 11.6 Å². The summed E-state index contributed by atoms with van der Waals surface area (Å²) in [5.74, 6) is 0.555. The van der Waals surface area contributed by atoms with Crippen molar-refractivity contribution < 1.29 is 13.9 Å². The second-order valence-corrected chi connectivity index (χ2v) is 11.8. The van der Waals surface area contributed by atoms with Gasteiger partial charge in [0, 0.05) is 50.2 Å². The fourth-order valence-electron chi connectivity index (χ4n) is 6.01. The van der Waals surface area contributed by atoms with Crippen molar-refractivity contribution in [1.82, 2.24) is 25.0 Å². The predicted molar refractivity (Wildman–Crippen MR) is 151 cm³/mol. The smallest absolute Gasteiger partial charge is 0.282 e. The van der Waals surface area contributed by atoms with Crippen LogP contribution in [0, 0.1) is 17.2 Å². The van der Waals surface area contributed by atoms with Crippen molar-refractivity contribution >= 4 is 23.3 Å². The fraction of sp³-hybridized carbons (Fsp3) is 0.643. The minimum atomic E-state index is -0.520. The number of anilines is 1. The van der Waals surface area contributed by atoms with Gasteiger partial charge in [0.25, 0.3) is 11.8 Å². The maximum atomic E-state index is 14.2. The minimum Gasteiger partial charge on any atom is -0.434 e. The Bertz CT molecular complexity index is 1160. The molecule has 1 aromatic heterocycles. The number of benzene rings is 1. The molecular formula is C28H41ClFN7O2. The molecule has 0 bridgehead atoms. The molecule has 214 valence electrons. The first-order valence-electron chi connectivity index (χ1n) is 13.9. The van der Waals surface area contributed by atoms with E-state index in [1.54, 1.807) is 4.90 Å². The summed E-state index contributed by atoms with van der Waals surface area (Å²) in [5.41, 5.74) is 6.07. The summed E-state index contributed by atoms with van der Waals surface area (Å²) in [7, 11) is 0. The number of rotatable bonds is 11. The molecule has 1 unspecified atom stereocenters. The van der Waals surface area contributed by atoms with Gasteiger partial charge in [0.2, 0.25) is 5.28 Å². The van der Waals surface area contributed by atoms with E-state index in [2.05, 4.69) is 38.8 Å². The highest BCUT2D eigenvalue weighted by Gasteiger charge is 2.50. The van der Waals surface area contributed by atoms with E-state index in [1.165, 1.54) is 18.2 Å². The molecule has 2 saturated heterocycles. The summed E-state index contributed by atoms with van der Waals surface area (Å²) >= 11 is 6.17. The molecule has 2 aliphatic heterocycles. The van der Waals surface area contributed by atoms with E-state index in [9.17, 15) is 9.18 Å². The predicted octanol–water partition coefficient (Wildman–Crippen LogP) is 4.60. The number of halogens is 2. The Morgan fingerprint density at radius 3 is 2.62 bits per heavy atom. The summed E-state index contributed by atoms with van der Waals surface area (Å²) in [6, 6.07) is 4.38. The summed E-state index contributed by atoms with van der Waals surface area (Å²) < 4.78 is 20.4. The number of ether oxygens (including phenoxy) is 1. The van der Waals surface area contributed by atoms with E-state index in [1.807, 2.05) is 20.8 Å². The van der Waals surface area contributed by atoms with Crippen LogP contribution < -0.4 is 15.4 Å². The number of likely N-dealkylation sites (tertiary alicyclic amines) is 1. The zero-order valence-electron chi connectivity index (χ0n) is 23.7. The second kappa shape index (κ2) is 12.3. The van der Waals surface area contributed by atoms with Crippen LogP contribution in [0.5, 0.6) is 11.6 Å². The summed E-state index contributed by atoms with van der Waals surface area (Å²) in [4.78, 5) is 24.1.